The molecule has 1 aliphatic heterocycles. The summed E-state index contributed by atoms with van der Waals surface area (Å²) in [4.78, 5) is 4.57. The van der Waals surface area contributed by atoms with Gasteiger partial charge in [0.1, 0.15) is 16.5 Å². The molecule has 27 heavy (non-hydrogen) atoms. The van der Waals surface area contributed by atoms with Gasteiger partial charge in [0.2, 0.25) is 10.0 Å². The first kappa shape index (κ1) is 19.6. The topological polar surface area (TPSA) is 71.5 Å². The molecule has 0 spiro atoms. The zero-order valence-corrected chi connectivity index (χ0v) is 16.9. The molecule has 1 aromatic carbocycles. The van der Waals surface area contributed by atoms with Crippen LogP contribution in [0.25, 0.3) is 0 Å². The number of aromatic nitrogens is 1. The highest BCUT2D eigenvalue weighted by Crippen LogP contribution is 2.28. The van der Waals surface area contributed by atoms with Crippen LogP contribution in [0.1, 0.15) is 43.4 Å². The summed E-state index contributed by atoms with van der Waals surface area (Å²) in [6.45, 7) is 5.24. The summed E-state index contributed by atoms with van der Waals surface area (Å²) in [7, 11) is -1.80. The van der Waals surface area contributed by atoms with Gasteiger partial charge in [-0.1, -0.05) is 24.1 Å². The molecule has 6 nitrogen and oxygen atoms in total. The van der Waals surface area contributed by atoms with Crippen molar-refractivity contribution < 1.29 is 13.2 Å². The predicted octanol–water partition coefficient (Wildman–Crippen LogP) is 3.75. The number of aryl methyl sites for hydroxylation is 1. The lowest BCUT2D eigenvalue weighted by molar-refractivity contribution is 0.346. The number of nitrogens with one attached hydrogen (secondary N) is 1. The van der Waals surface area contributed by atoms with Gasteiger partial charge in [-0.3, -0.25) is 0 Å². The van der Waals surface area contributed by atoms with E-state index in [2.05, 4.69) is 16.4 Å². The summed E-state index contributed by atoms with van der Waals surface area (Å²) in [5.41, 5.74) is 2.18. The van der Waals surface area contributed by atoms with Gasteiger partial charge in [-0.2, -0.15) is 4.31 Å². The molecule has 1 atom stereocenters. The Balaban J connectivity index is 1.75. The van der Waals surface area contributed by atoms with Crippen molar-refractivity contribution in [3.8, 4) is 5.75 Å². The third kappa shape index (κ3) is 4.42. The monoisotopic (exact) mass is 389 g/mol. The van der Waals surface area contributed by atoms with E-state index >= 15 is 0 Å². The molecule has 1 saturated heterocycles. The molecule has 0 bridgehead atoms. The summed E-state index contributed by atoms with van der Waals surface area (Å²) in [6.07, 6.45) is 4.37. The smallest absolute Gasteiger partial charge is 0.244 e. The van der Waals surface area contributed by atoms with Crippen LogP contribution in [0.3, 0.4) is 0 Å². The van der Waals surface area contributed by atoms with Crippen LogP contribution in [0.2, 0.25) is 0 Å². The number of benzene rings is 1. The Bertz CT molecular complexity index is 876. The summed E-state index contributed by atoms with van der Waals surface area (Å²) < 4.78 is 32.4. The van der Waals surface area contributed by atoms with Crippen LogP contribution in [0, 0.1) is 6.92 Å². The van der Waals surface area contributed by atoms with Gasteiger partial charge in [-0.05, 0) is 44.9 Å². The molecule has 2 heterocycles. The zero-order chi connectivity index (χ0) is 19.4. The zero-order valence-electron chi connectivity index (χ0n) is 16.1. The largest absolute Gasteiger partial charge is 0.496 e. The first-order valence-corrected chi connectivity index (χ1v) is 10.7. The van der Waals surface area contributed by atoms with Crippen molar-refractivity contribution in [2.75, 3.05) is 25.5 Å². The standard InChI is InChI=1S/C20H27N3O3S/c1-15-7-9-19(26-3)18(13-15)16(2)22-20-10-8-17(14-21-20)27(24,25)23-11-5-4-6-12-23/h7-10,13-14,16H,4-6,11-12H2,1-3H3,(H,21,22). The highest BCUT2D eigenvalue weighted by Gasteiger charge is 2.26. The number of hydrogen-bond donors (Lipinski definition) is 1. The number of hydrogen-bond acceptors (Lipinski definition) is 5. The first-order chi connectivity index (χ1) is 12.9. The second-order valence-corrected chi connectivity index (χ2v) is 8.89. The van der Waals surface area contributed by atoms with Gasteiger partial charge >= 0.3 is 0 Å². The van der Waals surface area contributed by atoms with Crippen molar-refractivity contribution in [3.63, 3.8) is 0 Å². The van der Waals surface area contributed by atoms with Crippen LogP contribution in [-0.4, -0.2) is 37.9 Å². The fourth-order valence-corrected chi connectivity index (χ4v) is 4.83. The molecule has 1 fully saturated rings. The minimum atomic E-state index is -3.45. The molecule has 2 aromatic rings. The minimum Gasteiger partial charge on any atom is -0.496 e. The molecular formula is C20H27N3O3S. The number of sulfonamides is 1. The summed E-state index contributed by atoms with van der Waals surface area (Å²) in [6, 6.07) is 9.34. The van der Waals surface area contributed by atoms with Crippen molar-refractivity contribution in [2.24, 2.45) is 0 Å². The van der Waals surface area contributed by atoms with Gasteiger partial charge in [0.05, 0.1) is 13.2 Å². The van der Waals surface area contributed by atoms with Crippen LogP contribution >= 0.6 is 0 Å². The average Bonchev–Trinajstić information content (AvgIpc) is 2.69. The van der Waals surface area contributed by atoms with Crippen LogP contribution in [0.15, 0.2) is 41.4 Å². The molecule has 1 aliphatic rings. The van der Waals surface area contributed by atoms with Crippen molar-refractivity contribution >= 4 is 15.8 Å². The molecule has 7 heteroatoms. The molecule has 0 amide bonds. The normalized spacial score (nSPS) is 16.7. The fraction of sp³-hybridized carbons (Fsp3) is 0.450. The molecule has 0 radical (unpaired) electrons. The molecule has 146 valence electrons. The van der Waals surface area contributed by atoms with E-state index in [4.69, 9.17) is 4.74 Å². The fourth-order valence-electron chi connectivity index (χ4n) is 3.36. The van der Waals surface area contributed by atoms with E-state index in [0.717, 1.165) is 36.1 Å². The van der Waals surface area contributed by atoms with Crippen molar-refractivity contribution in [1.29, 1.82) is 0 Å². The Morgan fingerprint density at radius 1 is 1.15 bits per heavy atom. The van der Waals surface area contributed by atoms with Crippen LogP contribution < -0.4 is 10.1 Å². The Morgan fingerprint density at radius 3 is 2.52 bits per heavy atom. The van der Waals surface area contributed by atoms with E-state index in [1.807, 2.05) is 26.0 Å². The molecule has 0 aliphatic carbocycles. The maximum absolute atomic E-state index is 12.7. The number of nitrogens with zero attached hydrogens (tertiary/aromatic N) is 2. The van der Waals surface area contributed by atoms with Gasteiger partial charge in [-0.15, -0.1) is 0 Å². The third-order valence-electron chi connectivity index (χ3n) is 4.91. The molecule has 0 saturated carbocycles. The lowest BCUT2D eigenvalue weighted by atomic mass is 10.0. The molecule has 1 unspecified atom stereocenters. The van der Waals surface area contributed by atoms with Gasteiger partial charge in [0.15, 0.2) is 0 Å². The van der Waals surface area contributed by atoms with Gasteiger partial charge < -0.3 is 10.1 Å². The van der Waals surface area contributed by atoms with Crippen molar-refractivity contribution in [3.05, 3.63) is 47.7 Å². The summed E-state index contributed by atoms with van der Waals surface area (Å²) in [5.74, 6) is 1.44. The minimum absolute atomic E-state index is 0.0306. The van der Waals surface area contributed by atoms with E-state index in [0.29, 0.717) is 18.9 Å². The number of anilines is 1. The number of pyridine rings is 1. The Kier molecular flexibility index (Phi) is 6.01. The van der Waals surface area contributed by atoms with Gasteiger partial charge in [0, 0.05) is 24.8 Å². The highest BCUT2D eigenvalue weighted by molar-refractivity contribution is 7.89. The van der Waals surface area contributed by atoms with Crippen molar-refractivity contribution in [2.45, 2.75) is 44.0 Å². The van der Waals surface area contributed by atoms with Crippen LogP contribution in [0.4, 0.5) is 5.82 Å². The van der Waals surface area contributed by atoms with E-state index in [1.54, 1.807) is 23.5 Å². The predicted molar refractivity (Wildman–Crippen MR) is 107 cm³/mol. The molecule has 1 aromatic heterocycles. The Labute approximate surface area is 161 Å². The van der Waals surface area contributed by atoms with E-state index in [1.165, 1.54) is 6.20 Å². The van der Waals surface area contributed by atoms with Crippen LogP contribution in [0.5, 0.6) is 5.75 Å². The molecular weight excluding hydrogens is 362 g/mol. The maximum Gasteiger partial charge on any atom is 0.244 e. The second kappa shape index (κ2) is 8.27. The van der Waals surface area contributed by atoms with Gasteiger partial charge in [0.25, 0.3) is 0 Å². The number of ether oxygens (including phenoxy) is 1. The molecule has 1 N–H and O–H groups in total. The number of piperidine rings is 1. The number of rotatable bonds is 6. The first-order valence-electron chi connectivity index (χ1n) is 9.29. The summed E-state index contributed by atoms with van der Waals surface area (Å²) in [5, 5.41) is 3.32. The van der Waals surface area contributed by atoms with E-state index in [-0.39, 0.29) is 10.9 Å². The average molecular weight is 390 g/mol. The van der Waals surface area contributed by atoms with Gasteiger partial charge in [-0.25, -0.2) is 13.4 Å². The third-order valence-corrected chi connectivity index (χ3v) is 6.79. The maximum atomic E-state index is 12.7. The lowest BCUT2D eigenvalue weighted by Crippen LogP contribution is -2.35. The quantitative estimate of drug-likeness (QED) is 0.815. The lowest BCUT2D eigenvalue weighted by Gasteiger charge is -2.25. The van der Waals surface area contributed by atoms with E-state index < -0.39 is 10.0 Å². The Morgan fingerprint density at radius 2 is 1.89 bits per heavy atom. The van der Waals surface area contributed by atoms with Crippen molar-refractivity contribution in [1.82, 2.24) is 9.29 Å². The molecule has 3 rings (SSSR count). The Hall–Kier alpha value is -2.12. The summed E-state index contributed by atoms with van der Waals surface area (Å²) >= 11 is 0. The SMILES string of the molecule is COc1ccc(C)cc1C(C)Nc1ccc(S(=O)(=O)N2CCCCC2)cn1. The van der Waals surface area contributed by atoms with Crippen LogP contribution in [-0.2, 0) is 10.0 Å². The second-order valence-electron chi connectivity index (χ2n) is 6.96. The number of methoxy groups -OCH3 is 1. The van der Waals surface area contributed by atoms with E-state index in [9.17, 15) is 8.42 Å². The highest BCUT2D eigenvalue weighted by atomic mass is 32.2.